The fourth-order valence-corrected chi connectivity index (χ4v) is 1.25. The first-order valence-electron chi connectivity index (χ1n) is 4.08. The van der Waals surface area contributed by atoms with Crippen LogP contribution in [0.2, 0.25) is 0 Å². The fourth-order valence-electron chi connectivity index (χ4n) is 0.982. The summed E-state index contributed by atoms with van der Waals surface area (Å²) < 4.78 is 0.968. The third-order valence-corrected chi connectivity index (χ3v) is 2.23. The summed E-state index contributed by atoms with van der Waals surface area (Å²) in [6.07, 6.45) is -0.662. The van der Waals surface area contributed by atoms with Gasteiger partial charge in [0.05, 0.1) is 12.6 Å². The molecule has 4 nitrogen and oxygen atoms in total. The molecule has 0 aliphatic heterocycles. The quantitative estimate of drug-likeness (QED) is 0.552. The van der Waals surface area contributed by atoms with Crippen molar-refractivity contribution >= 4 is 21.9 Å². The minimum Gasteiger partial charge on any atom is -0.386 e. The summed E-state index contributed by atoms with van der Waals surface area (Å²) in [5, 5.41) is 9.63. The average Bonchev–Trinajstić information content (AvgIpc) is 2.15. The molecule has 0 fully saturated rings. The molecule has 5 heteroatoms. The molecule has 0 saturated carbocycles. The van der Waals surface area contributed by atoms with Crippen molar-refractivity contribution in [3.05, 3.63) is 34.3 Å². The van der Waals surface area contributed by atoms with E-state index < -0.39 is 6.10 Å². The van der Waals surface area contributed by atoms with E-state index in [2.05, 4.69) is 20.9 Å². The maximum Gasteiger partial charge on any atom is 0.186 e. The number of hydrogen-bond acceptors (Lipinski definition) is 2. The average molecular weight is 258 g/mol. The molecular weight excluding hydrogens is 246 g/mol. The van der Waals surface area contributed by atoms with E-state index in [1.54, 1.807) is 0 Å². The third kappa shape index (κ3) is 3.35. The molecule has 0 aliphatic carbocycles. The zero-order valence-electron chi connectivity index (χ0n) is 7.52. The van der Waals surface area contributed by atoms with Crippen LogP contribution in [0.1, 0.15) is 11.7 Å². The molecule has 1 rings (SSSR count). The lowest BCUT2D eigenvalue weighted by Gasteiger charge is -2.07. The fraction of sp³-hybridized carbons (Fsp3) is 0.222. The van der Waals surface area contributed by atoms with Gasteiger partial charge in [-0.1, -0.05) is 28.1 Å². The SMILES string of the molecule is NC(N)=NCC(O)c1ccc(Br)cc1. The molecule has 1 unspecified atom stereocenters. The topological polar surface area (TPSA) is 84.6 Å². The summed E-state index contributed by atoms with van der Waals surface area (Å²) >= 11 is 3.31. The molecule has 0 aromatic heterocycles. The van der Waals surface area contributed by atoms with Crippen LogP contribution < -0.4 is 11.5 Å². The summed E-state index contributed by atoms with van der Waals surface area (Å²) in [7, 11) is 0. The van der Waals surface area contributed by atoms with Crippen LogP contribution >= 0.6 is 15.9 Å². The highest BCUT2D eigenvalue weighted by Crippen LogP contribution is 2.16. The van der Waals surface area contributed by atoms with E-state index >= 15 is 0 Å². The number of aliphatic hydroxyl groups excluding tert-OH is 1. The molecular formula is C9H12BrN3O. The van der Waals surface area contributed by atoms with Crippen molar-refractivity contribution in [2.24, 2.45) is 16.5 Å². The molecule has 0 spiro atoms. The third-order valence-electron chi connectivity index (χ3n) is 1.70. The largest absolute Gasteiger partial charge is 0.386 e. The van der Waals surface area contributed by atoms with Crippen molar-refractivity contribution in [2.75, 3.05) is 6.54 Å². The highest BCUT2D eigenvalue weighted by Gasteiger charge is 2.05. The molecule has 0 bridgehead atoms. The highest BCUT2D eigenvalue weighted by atomic mass is 79.9. The molecule has 1 aromatic rings. The monoisotopic (exact) mass is 257 g/mol. The Bertz CT molecular complexity index is 319. The maximum atomic E-state index is 9.63. The summed E-state index contributed by atoms with van der Waals surface area (Å²) in [5.74, 6) is -0.0128. The summed E-state index contributed by atoms with van der Waals surface area (Å²) in [6, 6.07) is 7.34. The van der Waals surface area contributed by atoms with Gasteiger partial charge in [-0.25, -0.2) is 0 Å². The molecule has 0 saturated heterocycles. The number of halogens is 1. The van der Waals surface area contributed by atoms with Crippen LogP contribution in [0, 0.1) is 0 Å². The molecule has 14 heavy (non-hydrogen) atoms. The standard InChI is InChI=1S/C9H12BrN3O/c10-7-3-1-6(2-4-7)8(14)5-13-9(11)12/h1-4,8,14H,5H2,(H4,11,12,13). The zero-order valence-corrected chi connectivity index (χ0v) is 9.11. The van der Waals surface area contributed by atoms with Gasteiger partial charge in [-0.3, -0.25) is 4.99 Å². The smallest absolute Gasteiger partial charge is 0.186 e. The van der Waals surface area contributed by atoms with Crippen LogP contribution in [0.25, 0.3) is 0 Å². The summed E-state index contributed by atoms with van der Waals surface area (Å²) in [5.41, 5.74) is 11.1. The summed E-state index contributed by atoms with van der Waals surface area (Å²) in [4.78, 5) is 3.73. The molecule has 0 heterocycles. The van der Waals surface area contributed by atoms with E-state index in [1.807, 2.05) is 24.3 Å². The number of aliphatic hydroxyl groups is 1. The predicted molar refractivity (Wildman–Crippen MR) is 59.8 cm³/mol. The van der Waals surface area contributed by atoms with Crippen LogP contribution in [0.3, 0.4) is 0 Å². The Morgan fingerprint density at radius 1 is 1.36 bits per heavy atom. The van der Waals surface area contributed by atoms with Crippen LogP contribution in [0.15, 0.2) is 33.7 Å². The number of benzene rings is 1. The van der Waals surface area contributed by atoms with Gasteiger partial charge in [-0.15, -0.1) is 0 Å². The molecule has 1 atom stereocenters. The lowest BCUT2D eigenvalue weighted by atomic mass is 10.1. The number of nitrogens with two attached hydrogens (primary N) is 2. The summed E-state index contributed by atoms with van der Waals surface area (Å²) in [6.45, 7) is 0.184. The molecule has 76 valence electrons. The van der Waals surface area contributed by atoms with Crippen LogP contribution in [-0.2, 0) is 0 Å². The second-order valence-corrected chi connectivity index (χ2v) is 3.75. The molecule has 1 aromatic carbocycles. The first-order valence-corrected chi connectivity index (χ1v) is 4.88. The Kier molecular flexibility index (Phi) is 3.91. The van der Waals surface area contributed by atoms with Gasteiger partial charge in [0.1, 0.15) is 0 Å². The van der Waals surface area contributed by atoms with Crippen LogP contribution in [-0.4, -0.2) is 17.6 Å². The number of hydrogen-bond donors (Lipinski definition) is 3. The van der Waals surface area contributed by atoms with E-state index in [0.29, 0.717) is 0 Å². The van der Waals surface area contributed by atoms with Gasteiger partial charge < -0.3 is 16.6 Å². The van der Waals surface area contributed by atoms with E-state index in [9.17, 15) is 5.11 Å². The molecule has 0 radical (unpaired) electrons. The number of nitrogens with zero attached hydrogens (tertiary/aromatic N) is 1. The number of rotatable bonds is 3. The van der Waals surface area contributed by atoms with Gasteiger partial charge in [0.2, 0.25) is 0 Å². The van der Waals surface area contributed by atoms with Gasteiger partial charge >= 0.3 is 0 Å². The van der Waals surface area contributed by atoms with Gasteiger partial charge in [-0.05, 0) is 17.7 Å². The first-order chi connectivity index (χ1) is 6.59. The maximum absolute atomic E-state index is 9.63. The Balaban J connectivity index is 2.65. The Hall–Kier alpha value is -1.07. The first kappa shape index (κ1) is 11.0. The van der Waals surface area contributed by atoms with Crippen molar-refractivity contribution < 1.29 is 5.11 Å². The molecule has 0 amide bonds. The van der Waals surface area contributed by atoms with E-state index in [1.165, 1.54) is 0 Å². The highest BCUT2D eigenvalue weighted by molar-refractivity contribution is 9.10. The van der Waals surface area contributed by atoms with Crippen molar-refractivity contribution in [1.29, 1.82) is 0 Å². The van der Waals surface area contributed by atoms with Crippen molar-refractivity contribution in [3.63, 3.8) is 0 Å². The van der Waals surface area contributed by atoms with Crippen molar-refractivity contribution in [1.82, 2.24) is 0 Å². The van der Waals surface area contributed by atoms with E-state index in [4.69, 9.17) is 11.5 Å². The van der Waals surface area contributed by atoms with Crippen LogP contribution in [0.4, 0.5) is 0 Å². The molecule has 5 N–H and O–H groups in total. The number of aliphatic imine (C=N–C) groups is 1. The minimum absolute atomic E-state index is 0.0128. The van der Waals surface area contributed by atoms with Crippen LogP contribution in [0.5, 0.6) is 0 Å². The Labute approximate surface area is 90.8 Å². The normalized spacial score (nSPS) is 12.1. The van der Waals surface area contributed by atoms with Crippen molar-refractivity contribution in [2.45, 2.75) is 6.10 Å². The van der Waals surface area contributed by atoms with E-state index in [0.717, 1.165) is 10.0 Å². The second-order valence-electron chi connectivity index (χ2n) is 2.83. The van der Waals surface area contributed by atoms with Gasteiger partial charge in [0.15, 0.2) is 5.96 Å². The van der Waals surface area contributed by atoms with Gasteiger partial charge in [0, 0.05) is 4.47 Å². The van der Waals surface area contributed by atoms with Gasteiger partial charge in [0.25, 0.3) is 0 Å². The van der Waals surface area contributed by atoms with E-state index in [-0.39, 0.29) is 12.5 Å². The Morgan fingerprint density at radius 2 is 1.93 bits per heavy atom. The Morgan fingerprint density at radius 3 is 2.43 bits per heavy atom. The zero-order chi connectivity index (χ0) is 10.6. The van der Waals surface area contributed by atoms with Gasteiger partial charge in [-0.2, -0.15) is 0 Å². The predicted octanol–water partition coefficient (Wildman–Crippen LogP) is 0.756. The molecule has 0 aliphatic rings. The van der Waals surface area contributed by atoms with Crippen molar-refractivity contribution in [3.8, 4) is 0 Å². The lowest BCUT2D eigenvalue weighted by molar-refractivity contribution is 0.187. The second kappa shape index (κ2) is 4.97. The number of guanidine groups is 1. The minimum atomic E-state index is -0.662. The lowest BCUT2D eigenvalue weighted by Crippen LogP contribution is -2.23.